The van der Waals surface area contributed by atoms with Crippen LogP contribution in [0.3, 0.4) is 0 Å². The summed E-state index contributed by atoms with van der Waals surface area (Å²) in [7, 11) is -2.91. The Labute approximate surface area is 92.6 Å². The summed E-state index contributed by atoms with van der Waals surface area (Å²) in [5.41, 5.74) is 2.32. The number of aromatic nitrogens is 2. The fourth-order valence-corrected chi connectivity index (χ4v) is 2.85. The number of nitrogens with two attached hydrogens (primary N) is 1. The van der Waals surface area contributed by atoms with Gasteiger partial charge in [0, 0.05) is 18.2 Å². The van der Waals surface area contributed by atoms with Gasteiger partial charge in [-0.15, -0.1) is 11.8 Å². The third-order valence-electron chi connectivity index (χ3n) is 1.46. The number of nitrogens with zero attached hydrogens (tertiary/aromatic N) is 2. The summed E-state index contributed by atoms with van der Waals surface area (Å²) in [6, 6.07) is 1.70. The van der Waals surface area contributed by atoms with Crippen molar-refractivity contribution in [2.75, 3.05) is 23.2 Å². The van der Waals surface area contributed by atoms with Crippen LogP contribution >= 0.6 is 11.8 Å². The van der Waals surface area contributed by atoms with E-state index in [0.717, 1.165) is 0 Å². The van der Waals surface area contributed by atoms with E-state index in [2.05, 4.69) is 15.4 Å². The Kier molecular flexibility index (Phi) is 4.30. The highest BCUT2D eigenvalue weighted by molar-refractivity contribution is 8.00. The Bertz CT molecular complexity index is 421. The minimum absolute atomic E-state index is 0.132. The van der Waals surface area contributed by atoms with E-state index in [1.807, 2.05) is 0 Å². The Morgan fingerprint density at radius 2 is 2.33 bits per heavy atom. The lowest BCUT2D eigenvalue weighted by molar-refractivity contribution is 0.603. The van der Waals surface area contributed by atoms with E-state index < -0.39 is 9.84 Å². The lowest BCUT2D eigenvalue weighted by Gasteiger charge is -2.01. The molecule has 6 nitrogen and oxygen atoms in total. The lowest BCUT2D eigenvalue weighted by atomic mass is 10.7. The van der Waals surface area contributed by atoms with Crippen molar-refractivity contribution < 1.29 is 8.42 Å². The molecule has 1 heterocycles. The van der Waals surface area contributed by atoms with E-state index in [1.165, 1.54) is 18.0 Å². The molecule has 0 atom stereocenters. The SMILES string of the molecule is CS(=O)(=O)CCSc1ccnc(NN)n1. The summed E-state index contributed by atoms with van der Waals surface area (Å²) in [6.07, 6.45) is 2.77. The second kappa shape index (κ2) is 5.29. The fourth-order valence-electron chi connectivity index (χ4n) is 0.790. The lowest BCUT2D eigenvalue weighted by Crippen LogP contribution is -2.10. The number of nitrogen functional groups attached to an aromatic ring is 1. The monoisotopic (exact) mass is 248 g/mol. The summed E-state index contributed by atoms with van der Waals surface area (Å²) in [4.78, 5) is 7.87. The van der Waals surface area contributed by atoms with Crippen LogP contribution in [0.2, 0.25) is 0 Å². The predicted molar refractivity (Wildman–Crippen MR) is 60.3 cm³/mol. The summed E-state index contributed by atoms with van der Waals surface area (Å²) >= 11 is 1.35. The second-order valence-corrected chi connectivity index (χ2v) is 6.22. The van der Waals surface area contributed by atoms with E-state index >= 15 is 0 Å². The molecule has 0 fully saturated rings. The molecule has 8 heteroatoms. The molecule has 0 bridgehead atoms. The first-order valence-corrected chi connectivity index (χ1v) is 7.16. The highest BCUT2D eigenvalue weighted by Crippen LogP contribution is 2.15. The molecule has 0 unspecified atom stereocenters. The maximum absolute atomic E-state index is 10.9. The van der Waals surface area contributed by atoms with Crippen molar-refractivity contribution in [2.24, 2.45) is 5.84 Å². The van der Waals surface area contributed by atoms with Gasteiger partial charge < -0.3 is 0 Å². The Morgan fingerprint density at radius 1 is 1.60 bits per heavy atom. The highest BCUT2D eigenvalue weighted by atomic mass is 32.2. The van der Waals surface area contributed by atoms with Gasteiger partial charge in [0.05, 0.1) is 5.75 Å². The van der Waals surface area contributed by atoms with Gasteiger partial charge in [-0.1, -0.05) is 0 Å². The number of hydrazine groups is 1. The van der Waals surface area contributed by atoms with Gasteiger partial charge in [0.2, 0.25) is 5.95 Å². The molecule has 0 amide bonds. The molecular formula is C7H12N4O2S2. The van der Waals surface area contributed by atoms with Crippen LogP contribution in [0.4, 0.5) is 5.95 Å². The van der Waals surface area contributed by atoms with Gasteiger partial charge in [0.25, 0.3) is 0 Å². The third kappa shape index (κ3) is 4.96. The average molecular weight is 248 g/mol. The molecule has 15 heavy (non-hydrogen) atoms. The maximum Gasteiger partial charge on any atom is 0.238 e. The van der Waals surface area contributed by atoms with Crippen molar-refractivity contribution in [2.45, 2.75) is 5.03 Å². The van der Waals surface area contributed by atoms with Gasteiger partial charge in [-0.3, -0.25) is 5.43 Å². The fraction of sp³-hybridized carbons (Fsp3) is 0.429. The zero-order valence-corrected chi connectivity index (χ0v) is 9.81. The van der Waals surface area contributed by atoms with E-state index in [-0.39, 0.29) is 5.75 Å². The molecule has 0 spiro atoms. The normalized spacial score (nSPS) is 11.3. The van der Waals surface area contributed by atoms with Crippen LogP contribution in [0.5, 0.6) is 0 Å². The molecular weight excluding hydrogens is 236 g/mol. The first kappa shape index (κ1) is 12.2. The number of sulfone groups is 1. The molecule has 1 aromatic heterocycles. The molecule has 0 saturated heterocycles. The number of nitrogens with one attached hydrogen (secondary N) is 1. The standard InChI is InChI=1S/C7H12N4O2S2/c1-15(12,13)5-4-14-6-2-3-9-7(10-6)11-8/h2-3H,4-5,8H2,1H3,(H,9,10,11). The number of anilines is 1. The summed E-state index contributed by atoms with van der Waals surface area (Å²) < 4.78 is 21.7. The summed E-state index contributed by atoms with van der Waals surface area (Å²) in [5.74, 6) is 6.06. The topological polar surface area (TPSA) is 98.0 Å². The van der Waals surface area contributed by atoms with Gasteiger partial charge in [-0.05, 0) is 6.07 Å². The number of thioether (sulfide) groups is 1. The highest BCUT2D eigenvalue weighted by Gasteiger charge is 2.03. The average Bonchev–Trinajstić information content (AvgIpc) is 2.16. The predicted octanol–water partition coefficient (Wildman–Crippen LogP) is -0.101. The number of rotatable bonds is 5. The first-order valence-electron chi connectivity index (χ1n) is 4.11. The van der Waals surface area contributed by atoms with Crippen LogP contribution < -0.4 is 11.3 Å². The van der Waals surface area contributed by atoms with Gasteiger partial charge in [-0.25, -0.2) is 24.2 Å². The number of hydrogen-bond acceptors (Lipinski definition) is 7. The van der Waals surface area contributed by atoms with E-state index in [4.69, 9.17) is 5.84 Å². The van der Waals surface area contributed by atoms with Crippen molar-refractivity contribution in [1.82, 2.24) is 9.97 Å². The van der Waals surface area contributed by atoms with Gasteiger partial charge in [-0.2, -0.15) is 0 Å². The van der Waals surface area contributed by atoms with E-state index in [9.17, 15) is 8.42 Å². The molecule has 0 radical (unpaired) electrons. The third-order valence-corrected chi connectivity index (χ3v) is 3.60. The van der Waals surface area contributed by atoms with Crippen LogP contribution in [-0.4, -0.2) is 36.1 Å². The largest absolute Gasteiger partial charge is 0.292 e. The molecule has 1 rings (SSSR count). The van der Waals surface area contributed by atoms with Crippen molar-refractivity contribution in [3.8, 4) is 0 Å². The van der Waals surface area contributed by atoms with Crippen LogP contribution in [0.1, 0.15) is 0 Å². The Morgan fingerprint density at radius 3 is 2.93 bits per heavy atom. The Hall–Kier alpha value is -0.860. The minimum Gasteiger partial charge on any atom is -0.292 e. The van der Waals surface area contributed by atoms with Crippen molar-refractivity contribution in [3.05, 3.63) is 12.3 Å². The Balaban J connectivity index is 2.51. The van der Waals surface area contributed by atoms with Gasteiger partial charge >= 0.3 is 0 Å². The zero-order valence-electron chi connectivity index (χ0n) is 8.17. The van der Waals surface area contributed by atoms with E-state index in [1.54, 1.807) is 12.3 Å². The quantitative estimate of drug-likeness (QED) is 0.325. The molecule has 3 N–H and O–H groups in total. The molecule has 0 aliphatic carbocycles. The van der Waals surface area contributed by atoms with Crippen molar-refractivity contribution >= 4 is 27.5 Å². The first-order chi connectivity index (χ1) is 7.01. The summed E-state index contributed by atoms with van der Waals surface area (Å²) in [6.45, 7) is 0. The van der Waals surface area contributed by atoms with Gasteiger partial charge in [0.1, 0.15) is 14.9 Å². The van der Waals surface area contributed by atoms with E-state index in [0.29, 0.717) is 16.7 Å². The molecule has 0 aromatic carbocycles. The molecule has 84 valence electrons. The van der Waals surface area contributed by atoms with Crippen LogP contribution in [0.15, 0.2) is 17.3 Å². The maximum atomic E-state index is 10.9. The van der Waals surface area contributed by atoms with Crippen LogP contribution in [0, 0.1) is 0 Å². The molecule has 0 saturated carbocycles. The molecule has 0 aliphatic rings. The van der Waals surface area contributed by atoms with Gasteiger partial charge in [0.15, 0.2) is 0 Å². The number of hydrogen-bond donors (Lipinski definition) is 2. The smallest absolute Gasteiger partial charge is 0.238 e. The molecule has 1 aromatic rings. The van der Waals surface area contributed by atoms with Crippen LogP contribution in [0.25, 0.3) is 0 Å². The summed E-state index contributed by atoms with van der Waals surface area (Å²) in [5, 5.41) is 0.696. The zero-order chi connectivity index (χ0) is 11.3. The van der Waals surface area contributed by atoms with Crippen molar-refractivity contribution in [3.63, 3.8) is 0 Å². The van der Waals surface area contributed by atoms with Crippen molar-refractivity contribution in [1.29, 1.82) is 0 Å². The van der Waals surface area contributed by atoms with Crippen LogP contribution in [-0.2, 0) is 9.84 Å². The minimum atomic E-state index is -2.91. The second-order valence-electron chi connectivity index (χ2n) is 2.84. The molecule has 0 aliphatic heterocycles.